The van der Waals surface area contributed by atoms with E-state index in [1.807, 2.05) is 6.92 Å². The maximum absolute atomic E-state index is 11.7. The van der Waals surface area contributed by atoms with E-state index in [9.17, 15) is 9.59 Å². The highest BCUT2D eigenvalue weighted by atomic mass is 16.2. The summed E-state index contributed by atoms with van der Waals surface area (Å²) in [6, 6.07) is 0. The van der Waals surface area contributed by atoms with Gasteiger partial charge < -0.3 is 9.88 Å². The molecule has 2 N–H and O–H groups in total. The van der Waals surface area contributed by atoms with Gasteiger partial charge >= 0.3 is 5.69 Å². The molecule has 5 nitrogen and oxygen atoms in total. The number of nitrogens with one attached hydrogen (secondary N) is 2. The minimum atomic E-state index is -0.286. The minimum absolute atomic E-state index is 0.249. The van der Waals surface area contributed by atoms with E-state index >= 15 is 0 Å². The predicted molar refractivity (Wildman–Crippen MR) is 70.9 cm³/mol. The largest absolute Gasteiger partial charge is 0.328 e. The van der Waals surface area contributed by atoms with Crippen molar-refractivity contribution < 1.29 is 0 Å². The normalized spacial score (nSPS) is 16.9. The van der Waals surface area contributed by atoms with Crippen LogP contribution in [0.25, 0.3) is 0 Å². The molecule has 0 spiro atoms. The van der Waals surface area contributed by atoms with E-state index in [0.29, 0.717) is 24.4 Å². The van der Waals surface area contributed by atoms with Crippen molar-refractivity contribution in [2.45, 2.75) is 39.2 Å². The summed E-state index contributed by atoms with van der Waals surface area (Å²) in [5.41, 5.74) is 0.145. The predicted octanol–water partition coefficient (Wildman–Crippen LogP) is 0.489. The van der Waals surface area contributed by atoms with Gasteiger partial charge in [0.15, 0.2) is 0 Å². The molecule has 0 saturated carbocycles. The van der Waals surface area contributed by atoms with Crippen LogP contribution in [0.5, 0.6) is 0 Å². The van der Waals surface area contributed by atoms with Gasteiger partial charge in [-0.05, 0) is 44.7 Å². The van der Waals surface area contributed by atoms with Gasteiger partial charge in [-0.1, -0.05) is 6.92 Å². The maximum atomic E-state index is 11.7. The van der Waals surface area contributed by atoms with E-state index in [1.54, 1.807) is 10.8 Å². The van der Waals surface area contributed by atoms with Crippen molar-refractivity contribution in [3.8, 4) is 0 Å². The van der Waals surface area contributed by atoms with Gasteiger partial charge in [0.1, 0.15) is 0 Å². The van der Waals surface area contributed by atoms with Crippen molar-refractivity contribution in [3.63, 3.8) is 0 Å². The molecule has 1 fully saturated rings. The van der Waals surface area contributed by atoms with Gasteiger partial charge in [0.2, 0.25) is 0 Å². The van der Waals surface area contributed by atoms with Crippen LogP contribution < -0.4 is 16.6 Å². The lowest BCUT2D eigenvalue weighted by atomic mass is 9.95. The first-order valence-electron chi connectivity index (χ1n) is 6.74. The Bertz CT molecular complexity index is 498. The van der Waals surface area contributed by atoms with Crippen LogP contribution in [0.4, 0.5) is 0 Å². The number of nitrogens with zero attached hydrogens (tertiary/aromatic N) is 1. The highest BCUT2D eigenvalue weighted by Gasteiger charge is 2.13. The maximum Gasteiger partial charge on any atom is 0.328 e. The van der Waals surface area contributed by atoms with Gasteiger partial charge in [0.05, 0.1) is 0 Å². The lowest BCUT2D eigenvalue weighted by Gasteiger charge is -2.22. The quantitative estimate of drug-likeness (QED) is 0.818. The van der Waals surface area contributed by atoms with Crippen LogP contribution in [0.15, 0.2) is 15.8 Å². The standard InChI is InChI=1S/C13H21N3O2/c1-2-11-9-16(13(18)15-12(11)17)8-5-10-3-6-14-7-4-10/h9-10,14H,2-8H2,1H3,(H,15,17,18). The van der Waals surface area contributed by atoms with Gasteiger partial charge in [0, 0.05) is 18.3 Å². The second-order valence-corrected chi connectivity index (χ2v) is 4.94. The Balaban J connectivity index is 2.04. The van der Waals surface area contributed by atoms with Crippen molar-refractivity contribution in [2.75, 3.05) is 13.1 Å². The van der Waals surface area contributed by atoms with Crippen LogP contribution >= 0.6 is 0 Å². The van der Waals surface area contributed by atoms with Crippen LogP contribution in [0.3, 0.4) is 0 Å². The number of aromatic amines is 1. The number of aromatic nitrogens is 2. The van der Waals surface area contributed by atoms with E-state index in [-0.39, 0.29) is 11.2 Å². The van der Waals surface area contributed by atoms with E-state index in [2.05, 4.69) is 10.3 Å². The first-order chi connectivity index (χ1) is 8.70. The molecule has 1 aromatic heterocycles. The molecule has 0 amide bonds. The zero-order chi connectivity index (χ0) is 13.0. The molecule has 1 aliphatic rings. The summed E-state index contributed by atoms with van der Waals surface area (Å²) in [5.74, 6) is 0.690. The number of hydrogen-bond acceptors (Lipinski definition) is 3. The average molecular weight is 251 g/mol. The molecule has 1 saturated heterocycles. The van der Waals surface area contributed by atoms with E-state index in [4.69, 9.17) is 0 Å². The minimum Gasteiger partial charge on any atom is -0.317 e. The Labute approximate surface area is 106 Å². The fourth-order valence-electron chi connectivity index (χ4n) is 2.46. The molecule has 0 bridgehead atoms. The molecule has 0 radical (unpaired) electrons. The van der Waals surface area contributed by atoms with Crippen LogP contribution in [0.1, 0.15) is 31.7 Å². The zero-order valence-corrected chi connectivity index (χ0v) is 10.9. The topological polar surface area (TPSA) is 66.9 Å². The molecule has 0 aliphatic carbocycles. The first kappa shape index (κ1) is 13.1. The molecule has 5 heteroatoms. The Morgan fingerprint density at radius 1 is 1.33 bits per heavy atom. The molecule has 1 aromatic rings. The molecule has 0 aromatic carbocycles. The van der Waals surface area contributed by atoms with Gasteiger partial charge in [0.25, 0.3) is 5.56 Å². The molecule has 100 valence electrons. The molecule has 18 heavy (non-hydrogen) atoms. The second-order valence-electron chi connectivity index (χ2n) is 4.94. The molecule has 1 aliphatic heterocycles. The number of rotatable bonds is 4. The Morgan fingerprint density at radius 3 is 2.72 bits per heavy atom. The second kappa shape index (κ2) is 6.00. The van der Waals surface area contributed by atoms with E-state index in [1.165, 1.54) is 12.8 Å². The number of H-pyrrole nitrogens is 1. The summed E-state index contributed by atoms with van der Waals surface area (Å²) in [7, 11) is 0. The monoisotopic (exact) mass is 251 g/mol. The van der Waals surface area contributed by atoms with Gasteiger partial charge in [-0.25, -0.2) is 4.79 Å². The zero-order valence-electron chi connectivity index (χ0n) is 10.9. The summed E-state index contributed by atoms with van der Waals surface area (Å²) in [5, 5.41) is 3.33. The summed E-state index contributed by atoms with van der Waals surface area (Å²) in [6.07, 6.45) is 5.74. The van der Waals surface area contributed by atoms with Gasteiger partial charge in [-0.3, -0.25) is 9.78 Å². The van der Waals surface area contributed by atoms with E-state index in [0.717, 1.165) is 19.5 Å². The summed E-state index contributed by atoms with van der Waals surface area (Å²) >= 11 is 0. The van der Waals surface area contributed by atoms with Crippen LogP contribution in [-0.2, 0) is 13.0 Å². The lowest BCUT2D eigenvalue weighted by Crippen LogP contribution is -2.33. The highest BCUT2D eigenvalue weighted by Crippen LogP contribution is 2.16. The van der Waals surface area contributed by atoms with Crippen LogP contribution in [-0.4, -0.2) is 22.6 Å². The Hall–Kier alpha value is -1.36. The molecular formula is C13H21N3O2. The third kappa shape index (κ3) is 3.10. The third-order valence-electron chi connectivity index (χ3n) is 3.70. The molecular weight excluding hydrogens is 230 g/mol. The molecule has 2 heterocycles. The summed E-state index contributed by atoms with van der Waals surface area (Å²) < 4.78 is 1.64. The molecule has 0 atom stereocenters. The summed E-state index contributed by atoms with van der Waals surface area (Å²) in [6.45, 7) is 4.77. The van der Waals surface area contributed by atoms with Crippen molar-refractivity contribution in [3.05, 3.63) is 32.6 Å². The molecule has 2 rings (SSSR count). The Kier molecular flexibility index (Phi) is 4.36. The van der Waals surface area contributed by atoms with E-state index < -0.39 is 0 Å². The fraction of sp³-hybridized carbons (Fsp3) is 0.692. The Morgan fingerprint density at radius 2 is 2.06 bits per heavy atom. The summed E-state index contributed by atoms with van der Waals surface area (Å²) in [4.78, 5) is 25.5. The first-order valence-corrected chi connectivity index (χ1v) is 6.74. The van der Waals surface area contributed by atoms with Crippen LogP contribution in [0.2, 0.25) is 0 Å². The fourth-order valence-corrected chi connectivity index (χ4v) is 2.46. The third-order valence-corrected chi connectivity index (χ3v) is 3.70. The average Bonchev–Trinajstić information content (AvgIpc) is 2.39. The number of aryl methyl sites for hydroxylation is 2. The van der Waals surface area contributed by atoms with Gasteiger partial charge in [-0.2, -0.15) is 0 Å². The van der Waals surface area contributed by atoms with Gasteiger partial charge in [-0.15, -0.1) is 0 Å². The molecule has 0 unspecified atom stereocenters. The SMILES string of the molecule is CCc1cn(CCC2CCNCC2)c(=O)[nH]c1=O. The van der Waals surface area contributed by atoms with Crippen molar-refractivity contribution >= 4 is 0 Å². The van der Waals surface area contributed by atoms with Crippen molar-refractivity contribution in [2.24, 2.45) is 5.92 Å². The van der Waals surface area contributed by atoms with Crippen LogP contribution in [0, 0.1) is 5.92 Å². The van der Waals surface area contributed by atoms with Crippen molar-refractivity contribution in [1.29, 1.82) is 0 Å². The lowest BCUT2D eigenvalue weighted by molar-refractivity contribution is 0.335. The van der Waals surface area contributed by atoms with Crippen molar-refractivity contribution in [1.82, 2.24) is 14.9 Å². The smallest absolute Gasteiger partial charge is 0.317 e. The number of hydrogen-bond donors (Lipinski definition) is 2. The number of piperidine rings is 1. The highest BCUT2D eigenvalue weighted by molar-refractivity contribution is 5.03.